The van der Waals surface area contributed by atoms with E-state index in [0.717, 1.165) is 21.4 Å². The van der Waals surface area contributed by atoms with E-state index in [1.165, 1.54) is 0 Å². The Hall–Kier alpha value is -2.66. The number of benzene rings is 2. The highest BCUT2D eigenvalue weighted by atomic mass is 79.9. The van der Waals surface area contributed by atoms with E-state index >= 15 is 0 Å². The summed E-state index contributed by atoms with van der Waals surface area (Å²) in [6.45, 7) is 2.02. The van der Waals surface area contributed by atoms with Crippen LogP contribution in [0.4, 0.5) is 17.2 Å². The monoisotopic (exact) mass is 381 g/mol. The largest absolute Gasteiger partial charge is 0.340 e. The molecule has 0 aliphatic rings. The lowest BCUT2D eigenvalue weighted by Crippen LogP contribution is -2.12. The zero-order valence-electron chi connectivity index (χ0n) is 13.1. The topological polar surface area (TPSA) is 54.0 Å². The Balaban J connectivity index is 1.77. The minimum absolute atomic E-state index is 0.177. The molecule has 3 rings (SSSR count). The van der Waals surface area contributed by atoms with Gasteiger partial charge >= 0.3 is 0 Å². The molecule has 2 N–H and O–H groups in total. The average Bonchev–Trinajstić information content (AvgIpc) is 2.57. The van der Waals surface area contributed by atoms with E-state index in [9.17, 15) is 4.79 Å². The maximum absolute atomic E-state index is 12.4. The van der Waals surface area contributed by atoms with Gasteiger partial charge in [-0.2, -0.15) is 0 Å². The van der Waals surface area contributed by atoms with Crippen molar-refractivity contribution in [2.24, 2.45) is 0 Å². The van der Waals surface area contributed by atoms with E-state index in [1.807, 2.05) is 55.5 Å². The summed E-state index contributed by atoms with van der Waals surface area (Å²) in [5.41, 5.74) is 3.36. The summed E-state index contributed by atoms with van der Waals surface area (Å²) in [6, 6.07) is 18.8. The van der Waals surface area contributed by atoms with E-state index in [1.54, 1.807) is 18.3 Å². The number of carbonyl (C=O) groups is 1. The third-order valence-electron chi connectivity index (χ3n) is 3.51. The van der Waals surface area contributed by atoms with Gasteiger partial charge < -0.3 is 10.6 Å². The average molecular weight is 382 g/mol. The molecule has 0 aliphatic heterocycles. The fourth-order valence-electron chi connectivity index (χ4n) is 2.26. The number of nitrogens with one attached hydrogen (secondary N) is 2. The molecule has 2 aromatic carbocycles. The van der Waals surface area contributed by atoms with Crippen LogP contribution in [0.1, 0.15) is 15.9 Å². The zero-order valence-corrected chi connectivity index (χ0v) is 14.7. The van der Waals surface area contributed by atoms with Gasteiger partial charge in [0.2, 0.25) is 0 Å². The summed E-state index contributed by atoms with van der Waals surface area (Å²) in [6.07, 6.45) is 1.62. The summed E-state index contributed by atoms with van der Waals surface area (Å²) in [7, 11) is 0. The number of para-hydroxylation sites is 1. The number of anilines is 3. The van der Waals surface area contributed by atoms with Crippen molar-refractivity contribution >= 4 is 39.0 Å². The Morgan fingerprint density at radius 2 is 1.88 bits per heavy atom. The van der Waals surface area contributed by atoms with Crippen molar-refractivity contribution in [3.63, 3.8) is 0 Å². The summed E-state index contributed by atoms with van der Waals surface area (Å²) in [5, 5.41) is 6.12. The third-order valence-corrected chi connectivity index (χ3v) is 4.01. The number of amides is 1. The molecule has 4 nitrogen and oxygen atoms in total. The van der Waals surface area contributed by atoms with Crippen molar-refractivity contribution < 1.29 is 4.79 Å². The number of carbonyl (C=O) groups excluding carboxylic acids is 1. The predicted molar refractivity (Wildman–Crippen MR) is 101 cm³/mol. The van der Waals surface area contributed by atoms with Crippen molar-refractivity contribution in [3.05, 3.63) is 82.5 Å². The minimum Gasteiger partial charge on any atom is -0.340 e. The van der Waals surface area contributed by atoms with Crippen LogP contribution in [0, 0.1) is 6.92 Å². The Morgan fingerprint density at radius 3 is 2.67 bits per heavy atom. The lowest BCUT2D eigenvalue weighted by molar-refractivity contribution is 0.102. The first-order chi connectivity index (χ1) is 11.6. The van der Waals surface area contributed by atoms with E-state index in [0.29, 0.717) is 11.4 Å². The molecule has 0 fully saturated rings. The second kappa shape index (κ2) is 7.27. The van der Waals surface area contributed by atoms with E-state index < -0.39 is 0 Å². The number of aromatic nitrogens is 1. The molecule has 3 aromatic rings. The Labute approximate surface area is 149 Å². The van der Waals surface area contributed by atoms with Gasteiger partial charge in [-0.1, -0.05) is 40.2 Å². The lowest BCUT2D eigenvalue weighted by atomic mass is 10.2. The van der Waals surface area contributed by atoms with Crippen molar-refractivity contribution in [1.29, 1.82) is 0 Å². The number of hydrogen-bond donors (Lipinski definition) is 2. The third kappa shape index (κ3) is 4.00. The number of nitrogens with zero attached hydrogens (tertiary/aromatic N) is 1. The molecule has 0 spiro atoms. The molecular weight excluding hydrogens is 366 g/mol. The molecule has 1 aromatic heterocycles. The van der Waals surface area contributed by atoms with Gasteiger partial charge in [0.15, 0.2) is 0 Å². The fraction of sp³-hybridized carbons (Fsp3) is 0.0526. The first kappa shape index (κ1) is 16.2. The van der Waals surface area contributed by atoms with Gasteiger partial charge in [0, 0.05) is 27.6 Å². The Bertz CT molecular complexity index is 880. The first-order valence-electron chi connectivity index (χ1n) is 7.47. The molecule has 0 saturated carbocycles. The SMILES string of the molecule is Cc1ccccc1Nc1cc(C(=O)Nc2cccc(Br)c2)ccn1. The van der Waals surface area contributed by atoms with Crippen LogP contribution in [-0.4, -0.2) is 10.9 Å². The van der Waals surface area contributed by atoms with Crippen molar-refractivity contribution in [2.45, 2.75) is 6.92 Å². The number of rotatable bonds is 4. The zero-order chi connectivity index (χ0) is 16.9. The maximum atomic E-state index is 12.4. The van der Waals surface area contributed by atoms with Crippen molar-refractivity contribution in [3.8, 4) is 0 Å². The molecule has 0 aliphatic carbocycles. The smallest absolute Gasteiger partial charge is 0.255 e. The molecule has 120 valence electrons. The van der Waals surface area contributed by atoms with Crippen LogP contribution in [-0.2, 0) is 0 Å². The fourth-order valence-corrected chi connectivity index (χ4v) is 2.66. The quantitative estimate of drug-likeness (QED) is 0.656. The highest BCUT2D eigenvalue weighted by molar-refractivity contribution is 9.10. The number of aryl methyl sites for hydroxylation is 1. The number of pyridine rings is 1. The van der Waals surface area contributed by atoms with Gasteiger partial charge in [-0.3, -0.25) is 4.79 Å². The van der Waals surface area contributed by atoms with Crippen LogP contribution in [0.25, 0.3) is 0 Å². The summed E-state index contributed by atoms with van der Waals surface area (Å²) < 4.78 is 0.914. The molecule has 0 radical (unpaired) electrons. The second-order valence-electron chi connectivity index (χ2n) is 5.33. The van der Waals surface area contributed by atoms with Gasteiger partial charge in [-0.05, 0) is 48.9 Å². The lowest BCUT2D eigenvalue weighted by Gasteiger charge is -2.10. The standard InChI is InChI=1S/C19H16BrN3O/c1-13-5-2-3-8-17(13)23-18-11-14(9-10-21-18)19(24)22-16-7-4-6-15(20)12-16/h2-12H,1H3,(H,21,23)(H,22,24). The van der Waals surface area contributed by atoms with E-state index in [4.69, 9.17) is 0 Å². The summed E-state index contributed by atoms with van der Waals surface area (Å²) in [4.78, 5) is 16.7. The molecule has 0 bridgehead atoms. The van der Waals surface area contributed by atoms with Gasteiger partial charge in [-0.15, -0.1) is 0 Å². The highest BCUT2D eigenvalue weighted by Gasteiger charge is 2.08. The molecular formula is C19H16BrN3O. The van der Waals surface area contributed by atoms with E-state index in [2.05, 4.69) is 31.5 Å². The Kier molecular flexibility index (Phi) is 4.91. The van der Waals surface area contributed by atoms with Crippen molar-refractivity contribution in [2.75, 3.05) is 10.6 Å². The summed E-state index contributed by atoms with van der Waals surface area (Å²) in [5.74, 6) is 0.453. The van der Waals surface area contributed by atoms with Gasteiger partial charge in [-0.25, -0.2) is 4.98 Å². The molecule has 0 atom stereocenters. The van der Waals surface area contributed by atoms with Crippen LogP contribution in [0.15, 0.2) is 71.3 Å². The van der Waals surface area contributed by atoms with Crippen LogP contribution in [0.5, 0.6) is 0 Å². The normalized spacial score (nSPS) is 10.2. The van der Waals surface area contributed by atoms with Crippen LogP contribution < -0.4 is 10.6 Å². The van der Waals surface area contributed by atoms with Crippen LogP contribution >= 0.6 is 15.9 Å². The molecule has 5 heteroatoms. The molecule has 1 amide bonds. The second-order valence-corrected chi connectivity index (χ2v) is 6.25. The van der Waals surface area contributed by atoms with E-state index in [-0.39, 0.29) is 5.91 Å². The molecule has 0 saturated heterocycles. The van der Waals surface area contributed by atoms with Crippen molar-refractivity contribution in [1.82, 2.24) is 4.98 Å². The highest BCUT2D eigenvalue weighted by Crippen LogP contribution is 2.20. The maximum Gasteiger partial charge on any atom is 0.255 e. The van der Waals surface area contributed by atoms with Crippen LogP contribution in [0.3, 0.4) is 0 Å². The first-order valence-corrected chi connectivity index (χ1v) is 8.27. The molecule has 24 heavy (non-hydrogen) atoms. The van der Waals surface area contributed by atoms with Gasteiger partial charge in [0.1, 0.15) is 5.82 Å². The summed E-state index contributed by atoms with van der Waals surface area (Å²) >= 11 is 3.39. The van der Waals surface area contributed by atoms with Crippen LogP contribution in [0.2, 0.25) is 0 Å². The van der Waals surface area contributed by atoms with Gasteiger partial charge in [0.05, 0.1) is 0 Å². The minimum atomic E-state index is -0.177. The number of halogens is 1. The Morgan fingerprint density at radius 1 is 1.04 bits per heavy atom. The predicted octanol–water partition coefficient (Wildman–Crippen LogP) is 5.15. The molecule has 0 unspecified atom stereocenters. The number of hydrogen-bond acceptors (Lipinski definition) is 3. The molecule has 1 heterocycles. The van der Waals surface area contributed by atoms with Gasteiger partial charge in [0.25, 0.3) is 5.91 Å².